The standard InChI is InChI=1S/C25H37N5O3/c1-25(2,3)33-24(32)30-15-11-18(12-16-30)17-20(31)22-19-9-10-21(26-23(19)28(4)27-22)29-13-7-5-6-8-14-29/h9-10,18H,5-8,11-17H2,1-4H3. The number of aryl methyl sites for hydroxylation is 1. The number of anilines is 1. The molecule has 0 saturated carbocycles. The van der Waals surface area contributed by atoms with Crippen molar-refractivity contribution in [2.45, 2.75) is 71.3 Å². The summed E-state index contributed by atoms with van der Waals surface area (Å²) in [5, 5.41) is 5.37. The average Bonchev–Trinajstić information content (AvgIpc) is 2.93. The molecule has 2 aliphatic rings. The Balaban J connectivity index is 1.40. The monoisotopic (exact) mass is 455 g/mol. The molecule has 2 aliphatic heterocycles. The van der Waals surface area contributed by atoms with Crippen LogP contribution in [0.3, 0.4) is 0 Å². The van der Waals surface area contributed by atoms with Crippen LogP contribution in [0.5, 0.6) is 0 Å². The van der Waals surface area contributed by atoms with Crippen LogP contribution < -0.4 is 4.90 Å². The normalized spacial score (nSPS) is 18.4. The predicted octanol–water partition coefficient (Wildman–Crippen LogP) is 4.57. The van der Waals surface area contributed by atoms with Gasteiger partial charge in [0.2, 0.25) is 0 Å². The van der Waals surface area contributed by atoms with Crippen molar-refractivity contribution in [3.8, 4) is 0 Å². The lowest BCUT2D eigenvalue weighted by Crippen LogP contribution is -2.42. The molecule has 0 bridgehead atoms. The van der Waals surface area contributed by atoms with Gasteiger partial charge in [-0.1, -0.05) is 12.8 Å². The molecular weight excluding hydrogens is 418 g/mol. The topological polar surface area (TPSA) is 80.6 Å². The van der Waals surface area contributed by atoms with Crippen molar-refractivity contribution in [1.29, 1.82) is 0 Å². The number of carbonyl (C=O) groups excluding carboxylic acids is 2. The van der Waals surface area contributed by atoms with E-state index in [1.54, 1.807) is 9.58 Å². The van der Waals surface area contributed by atoms with E-state index in [9.17, 15) is 9.59 Å². The number of pyridine rings is 1. The lowest BCUT2D eigenvalue weighted by molar-refractivity contribution is 0.0183. The first-order valence-corrected chi connectivity index (χ1v) is 12.3. The molecule has 2 saturated heterocycles. The molecule has 4 heterocycles. The van der Waals surface area contributed by atoms with E-state index in [1.807, 2.05) is 40.0 Å². The van der Waals surface area contributed by atoms with Gasteiger partial charge in [-0.2, -0.15) is 5.10 Å². The van der Waals surface area contributed by atoms with Gasteiger partial charge in [-0.15, -0.1) is 0 Å². The van der Waals surface area contributed by atoms with Crippen molar-refractivity contribution in [3.05, 3.63) is 17.8 Å². The van der Waals surface area contributed by atoms with Crippen LogP contribution in [0.15, 0.2) is 12.1 Å². The molecule has 0 radical (unpaired) electrons. The van der Waals surface area contributed by atoms with Gasteiger partial charge >= 0.3 is 6.09 Å². The Morgan fingerprint density at radius 3 is 2.33 bits per heavy atom. The zero-order valence-corrected chi connectivity index (χ0v) is 20.5. The number of hydrogen-bond acceptors (Lipinski definition) is 6. The molecule has 0 unspecified atom stereocenters. The molecule has 1 amide bonds. The first-order valence-electron chi connectivity index (χ1n) is 12.3. The van der Waals surface area contributed by atoms with Crippen LogP contribution in [0.1, 0.15) is 76.2 Å². The van der Waals surface area contributed by atoms with Gasteiger partial charge < -0.3 is 14.5 Å². The van der Waals surface area contributed by atoms with E-state index >= 15 is 0 Å². The molecule has 8 heteroatoms. The Hall–Kier alpha value is -2.64. The van der Waals surface area contributed by atoms with Crippen molar-refractivity contribution >= 4 is 28.7 Å². The van der Waals surface area contributed by atoms with Crippen molar-refractivity contribution in [2.24, 2.45) is 13.0 Å². The Bertz CT molecular complexity index is 993. The van der Waals surface area contributed by atoms with Crippen molar-refractivity contribution in [2.75, 3.05) is 31.1 Å². The van der Waals surface area contributed by atoms with E-state index in [0.29, 0.717) is 25.2 Å². The number of rotatable bonds is 4. The Morgan fingerprint density at radius 1 is 1.03 bits per heavy atom. The zero-order valence-electron chi connectivity index (χ0n) is 20.5. The second-order valence-electron chi connectivity index (χ2n) is 10.5. The molecule has 0 spiro atoms. The highest BCUT2D eigenvalue weighted by molar-refractivity contribution is 6.05. The lowest BCUT2D eigenvalue weighted by atomic mass is 9.91. The quantitative estimate of drug-likeness (QED) is 0.629. The number of hydrogen-bond donors (Lipinski definition) is 0. The molecule has 2 fully saturated rings. The van der Waals surface area contributed by atoms with E-state index in [1.165, 1.54) is 25.7 Å². The Labute approximate surface area is 196 Å². The van der Waals surface area contributed by atoms with E-state index in [4.69, 9.17) is 9.72 Å². The van der Waals surface area contributed by atoms with E-state index in [-0.39, 0.29) is 17.8 Å². The Morgan fingerprint density at radius 2 is 1.70 bits per heavy atom. The van der Waals surface area contributed by atoms with Gasteiger partial charge in [0.15, 0.2) is 11.4 Å². The second-order valence-corrected chi connectivity index (χ2v) is 10.5. The van der Waals surface area contributed by atoms with Gasteiger partial charge in [-0.3, -0.25) is 4.79 Å². The molecule has 0 aromatic carbocycles. The number of aromatic nitrogens is 3. The maximum Gasteiger partial charge on any atom is 0.410 e. The minimum absolute atomic E-state index is 0.0561. The number of nitrogens with zero attached hydrogens (tertiary/aromatic N) is 5. The molecule has 180 valence electrons. The summed E-state index contributed by atoms with van der Waals surface area (Å²) >= 11 is 0. The van der Waals surface area contributed by atoms with Gasteiger partial charge in [-0.25, -0.2) is 14.5 Å². The van der Waals surface area contributed by atoms with Crippen LogP contribution in [0, 0.1) is 5.92 Å². The van der Waals surface area contributed by atoms with E-state index in [2.05, 4.69) is 10.00 Å². The third-order valence-electron chi connectivity index (χ3n) is 6.61. The zero-order chi connectivity index (χ0) is 23.6. The molecule has 2 aromatic heterocycles. The highest BCUT2D eigenvalue weighted by Gasteiger charge is 2.29. The van der Waals surface area contributed by atoms with Gasteiger partial charge in [0.05, 0.1) is 5.39 Å². The van der Waals surface area contributed by atoms with Crippen LogP contribution in [0.4, 0.5) is 10.6 Å². The third-order valence-corrected chi connectivity index (χ3v) is 6.61. The molecule has 0 aliphatic carbocycles. The number of ether oxygens (including phenoxy) is 1. The number of amides is 1. The first kappa shape index (κ1) is 23.5. The van der Waals surface area contributed by atoms with Crippen LogP contribution in [0.25, 0.3) is 11.0 Å². The number of fused-ring (bicyclic) bond motifs is 1. The van der Waals surface area contributed by atoms with Crippen LogP contribution >= 0.6 is 0 Å². The number of ketones is 1. The van der Waals surface area contributed by atoms with Gasteiger partial charge in [-0.05, 0) is 64.5 Å². The second kappa shape index (κ2) is 9.69. The number of carbonyl (C=O) groups is 2. The maximum atomic E-state index is 13.2. The summed E-state index contributed by atoms with van der Waals surface area (Å²) in [6.45, 7) is 8.93. The molecule has 2 aromatic rings. The molecule has 33 heavy (non-hydrogen) atoms. The minimum Gasteiger partial charge on any atom is -0.444 e. The van der Waals surface area contributed by atoms with Gasteiger partial charge in [0.1, 0.15) is 17.1 Å². The van der Waals surface area contributed by atoms with Crippen molar-refractivity contribution in [3.63, 3.8) is 0 Å². The fourth-order valence-corrected chi connectivity index (χ4v) is 4.81. The lowest BCUT2D eigenvalue weighted by Gasteiger charge is -2.33. The van der Waals surface area contributed by atoms with Crippen LogP contribution in [0.2, 0.25) is 0 Å². The summed E-state index contributed by atoms with van der Waals surface area (Å²) in [7, 11) is 1.86. The highest BCUT2D eigenvalue weighted by atomic mass is 16.6. The SMILES string of the molecule is Cn1nc(C(=O)CC2CCN(C(=O)OC(C)(C)C)CC2)c2ccc(N3CCCCCC3)nc21. The first-order chi connectivity index (χ1) is 15.7. The molecule has 4 rings (SSSR count). The van der Waals surface area contributed by atoms with Gasteiger partial charge in [0.25, 0.3) is 0 Å². The smallest absolute Gasteiger partial charge is 0.410 e. The summed E-state index contributed by atoms with van der Waals surface area (Å²) < 4.78 is 7.20. The van der Waals surface area contributed by atoms with Crippen molar-refractivity contribution < 1.29 is 14.3 Å². The number of likely N-dealkylation sites (tertiary alicyclic amines) is 1. The Kier molecular flexibility index (Phi) is 6.91. The van der Waals surface area contributed by atoms with Gasteiger partial charge in [0, 0.05) is 39.6 Å². The summed E-state index contributed by atoms with van der Waals surface area (Å²) in [5.41, 5.74) is 0.780. The average molecular weight is 456 g/mol. The third kappa shape index (κ3) is 5.65. The minimum atomic E-state index is -0.495. The summed E-state index contributed by atoms with van der Waals surface area (Å²) in [6, 6.07) is 4.04. The summed E-state index contributed by atoms with van der Waals surface area (Å²) in [6.07, 6.45) is 6.72. The predicted molar refractivity (Wildman–Crippen MR) is 129 cm³/mol. The van der Waals surface area contributed by atoms with E-state index < -0.39 is 5.60 Å². The van der Waals surface area contributed by atoms with Crippen molar-refractivity contribution in [1.82, 2.24) is 19.7 Å². The molecule has 8 nitrogen and oxygen atoms in total. The highest BCUT2D eigenvalue weighted by Crippen LogP contribution is 2.27. The summed E-state index contributed by atoms with van der Waals surface area (Å²) in [4.78, 5) is 34.4. The largest absolute Gasteiger partial charge is 0.444 e. The molecule has 0 N–H and O–H groups in total. The van der Waals surface area contributed by atoms with E-state index in [0.717, 1.165) is 42.8 Å². The number of piperidine rings is 1. The fourth-order valence-electron chi connectivity index (χ4n) is 4.81. The number of Topliss-reactive ketones (excluding diaryl/α,β-unsaturated/α-hetero) is 1. The van der Waals surface area contributed by atoms with Crippen LogP contribution in [-0.4, -0.2) is 63.3 Å². The molecular formula is C25H37N5O3. The van der Waals surface area contributed by atoms with Crippen LogP contribution in [-0.2, 0) is 11.8 Å². The molecule has 0 atom stereocenters. The maximum absolute atomic E-state index is 13.2. The summed E-state index contributed by atoms with van der Waals surface area (Å²) in [5.74, 6) is 1.28. The fraction of sp³-hybridized carbons (Fsp3) is 0.680.